The van der Waals surface area contributed by atoms with E-state index >= 15 is 0 Å². The summed E-state index contributed by atoms with van der Waals surface area (Å²) in [7, 11) is 0. The van der Waals surface area contributed by atoms with Crippen molar-refractivity contribution in [3.05, 3.63) is 100 Å². The molecule has 4 heteroatoms. The zero-order chi connectivity index (χ0) is 16.5. The van der Waals surface area contributed by atoms with Gasteiger partial charge >= 0.3 is 0 Å². The molecule has 0 aliphatic heterocycles. The van der Waals surface area contributed by atoms with Crippen LogP contribution < -0.4 is 5.32 Å². The molecule has 0 heterocycles. The van der Waals surface area contributed by atoms with Crippen LogP contribution in [0.25, 0.3) is 16.7 Å². The number of non-ortho nitro benzene ring substituents is 1. The third kappa shape index (κ3) is 2.34. The van der Waals surface area contributed by atoms with Gasteiger partial charge in [0.25, 0.3) is 5.69 Å². The van der Waals surface area contributed by atoms with Crippen LogP contribution in [-0.2, 0) is 0 Å². The van der Waals surface area contributed by atoms with Crippen molar-refractivity contribution in [1.82, 2.24) is 0 Å². The topological polar surface area (TPSA) is 55.2 Å². The van der Waals surface area contributed by atoms with E-state index in [2.05, 4.69) is 29.6 Å². The largest absolute Gasteiger partial charge is 0.361 e. The highest BCUT2D eigenvalue weighted by atomic mass is 16.6. The predicted octanol–water partition coefficient (Wildman–Crippen LogP) is 5.08. The Morgan fingerprint density at radius 3 is 1.75 bits per heavy atom. The fraction of sp³-hybridized carbons (Fsp3) is 0. The van der Waals surface area contributed by atoms with Crippen LogP contribution in [0.2, 0.25) is 0 Å². The van der Waals surface area contributed by atoms with Gasteiger partial charge in [-0.3, -0.25) is 10.1 Å². The molecule has 116 valence electrons. The normalized spacial score (nSPS) is 11.6. The van der Waals surface area contributed by atoms with Gasteiger partial charge in [0.1, 0.15) is 0 Å². The Labute approximate surface area is 139 Å². The van der Waals surface area contributed by atoms with Crippen molar-refractivity contribution in [2.24, 2.45) is 0 Å². The van der Waals surface area contributed by atoms with Gasteiger partial charge in [0.05, 0.1) is 4.92 Å². The summed E-state index contributed by atoms with van der Waals surface area (Å²) in [5.41, 5.74) is 6.86. The molecule has 0 atom stereocenters. The average molecular weight is 314 g/mol. The molecular formula is C20H14N2O2. The number of hydrogen-bond donors (Lipinski definition) is 1. The highest BCUT2D eigenvalue weighted by Gasteiger charge is 2.22. The smallest absolute Gasteiger partial charge is 0.269 e. The Bertz CT molecular complexity index is 912. The van der Waals surface area contributed by atoms with Gasteiger partial charge in [0, 0.05) is 29.6 Å². The highest BCUT2D eigenvalue weighted by molar-refractivity contribution is 6.01. The Morgan fingerprint density at radius 2 is 1.25 bits per heavy atom. The average Bonchev–Trinajstić information content (AvgIpc) is 2.94. The first-order valence-electron chi connectivity index (χ1n) is 7.64. The van der Waals surface area contributed by atoms with E-state index in [0.29, 0.717) is 0 Å². The fourth-order valence-electron chi connectivity index (χ4n) is 3.04. The number of nitro groups is 1. The monoisotopic (exact) mass is 314 g/mol. The zero-order valence-corrected chi connectivity index (χ0v) is 12.8. The molecule has 3 aromatic rings. The minimum atomic E-state index is -0.397. The summed E-state index contributed by atoms with van der Waals surface area (Å²) in [6.07, 6.45) is 1.96. The molecule has 3 aromatic carbocycles. The lowest BCUT2D eigenvalue weighted by molar-refractivity contribution is -0.384. The number of nitrogens with one attached hydrogen (secondary N) is 1. The van der Waals surface area contributed by atoms with Crippen molar-refractivity contribution >= 4 is 16.9 Å². The standard InChI is InChI=1S/C20H14N2O2/c23-22(24)15-11-9-14(10-12-15)21-13-20-18-7-3-1-5-16(18)17-6-2-4-8-19(17)20/h1-13,21H. The second-order valence-corrected chi connectivity index (χ2v) is 5.60. The van der Waals surface area contributed by atoms with Crippen LogP contribution in [-0.4, -0.2) is 4.92 Å². The van der Waals surface area contributed by atoms with E-state index in [9.17, 15) is 10.1 Å². The molecule has 0 spiro atoms. The quantitative estimate of drug-likeness (QED) is 0.424. The number of benzene rings is 3. The van der Waals surface area contributed by atoms with E-state index in [4.69, 9.17) is 0 Å². The van der Waals surface area contributed by atoms with Crippen LogP contribution in [0.4, 0.5) is 11.4 Å². The summed E-state index contributed by atoms with van der Waals surface area (Å²) < 4.78 is 0. The van der Waals surface area contributed by atoms with Crippen LogP contribution in [0.15, 0.2) is 79.0 Å². The second kappa shape index (κ2) is 5.66. The summed E-state index contributed by atoms with van der Waals surface area (Å²) in [5, 5.41) is 14.0. The van der Waals surface area contributed by atoms with E-state index in [0.717, 1.165) is 11.3 Å². The van der Waals surface area contributed by atoms with E-state index in [1.807, 2.05) is 30.5 Å². The predicted molar refractivity (Wildman–Crippen MR) is 95.7 cm³/mol. The number of fused-ring (bicyclic) bond motifs is 3. The van der Waals surface area contributed by atoms with Crippen molar-refractivity contribution in [2.45, 2.75) is 0 Å². The summed E-state index contributed by atoms with van der Waals surface area (Å²) in [4.78, 5) is 10.3. The maximum Gasteiger partial charge on any atom is 0.269 e. The maximum absolute atomic E-state index is 10.7. The van der Waals surface area contributed by atoms with Crippen molar-refractivity contribution < 1.29 is 4.92 Å². The van der Waals surface area contributed by atoms with Gasteiger partial charge in [-0.05, 0) is 34.4 Å². The molecule has 24 heavy (non-hydrogen) atoms. The van der Waals surface area contributed by atoms with Gasteiger partial charge < -0.3 is 5.32 Å². The molecule has 1 N–H and O–H groups in total. The molecule has 1 aliphatic carbocycles. The third-order valence-electron chi connectivity index (χ3n) is 4.19. The van der Waals surface area contributed by atoms with Crippen LogP contribution in [0.5, 0.6) is 0 Å². The SMILES string of the molecule is O=[N+]([O-])c1ccc(NC=C2c3ccccc3-c3ccccc32)cc1. The molecule has 4 rings (SSSR count). The molecule has 0 fully saturated rings. The van der Waals surface area contributed by atoms with Crippen LogP contribution >= 0.6 is 0 Å². The first-order chi connectivity index (χ1) is 11.7. The number of nitrogens with zero attached hydrogens (tertiary/aromatic N) is 1. The first-order valence-corrected chi connectivity index (χ1v) is 7.64. The molecule has 0 saturated carbocycles. The zero-order valence-electron chi connectivity index (χ0n) is 12.8. The summed E-state index contributed by atoms with van der Waals surface area (Å²) >= 11 is 0. The second-order valence-electron chi connectivity index (χ2n) is 5.60. The highest BCUT2D eigenvalue weighted by Crippen LogP contribution is 2.43. The first kappa shape index (κ1) is 14.2. The van der Waals surface area contributed by atoms with Gasteiger partial charge in [0.2, 0.25) is 0 Å². The Kier molecular flexibility index (Phi) is 3.35. The summed E-state index contributed by atoms with van der Waals surface area (Å²) in [6, 6.07) is 23.0. The van der Waals surface area contributed by atoms with Gasteiger partial charge in [0.15, 0.2) is 0 Å². The van der Waals surface area contributed by atoms with Crippen LogP contribution in [0, 0.1) is 10.1 Å². The van der Waals surface area contributed by atoms with Gasteiger partial charge in [-0.25, -0.2) is 0 Å². The van der Waals surface area contributed by atoms with Gasteiger partial charge in [-0.1, -0.05) is 48.5 Å². The summed E-state index contributed by atoms with van der Waals surface area (Å²) in [6.45, 7) is 0. The fourth-order valence-corrected chi connectivity index (χ4v) is 3.04. The molecule has 1 aliphatic rings. The number of rotatable bonds is 3. The lowest BCUT2D eigenvalue weighted by Gasteiger charge is -2.05. The molecular weight excluding hydrogens is 300 g/mol. The van der Waals surface area contributed by atoms with Crippen LogP contribution in [0.1, 0.15) is 11.1 Å². The Balaban J connectivity index is 1.71. The third-order valence-corrected chi connectivity index (χ3v) is 4.19. The van der Waals surface area contributed by atoms with E-state index < -0.39 is 4.92 Å². The number of hydrogen-bond acceptors (Lipinski definition) is 3. The molecule has 0 aromatic heterocycles. The van der Waals surface area contributed by atoms with Crippen molar-refractivity contribution in [3.63, 3.8) is 0 Å². The van der Waals surface area contributed by atoms with E-state index in [-0.39, 0.29) is 5.69 Å². The van der Waals surface area contributed by atoms with Crippen molar-refractivity contribution in [2.75, 3.05) is 5.32 Å². The number of nitro benzene ring substituents is 1. The maximum atomic E-state index is 10.7. The minimum absolute atomic E-state index is 0.0877. The summed E-state index contributed by atoms with van der Waals surface area (Å²) in [5.74, 6) is 0. The molecule has 0 amide bonds. The van der Waals surface area contributed by atoms with Crippen molar-refractivity contribution in [3.8, 4) is 11.1 Å². The van der Waals surface area contributed by atoms with Crippen molar-refractivity contribution in [1.29, 1.82) is 0 Å². The van der Waals surface area contributed by atoms with E-state index in [1.54, 1.807) is 12.1 Å². The number of anilines is 1. The minimum Gasteiger partial charge on any atom is -0.361 e. The molecule has 0 unspecified atom stereocenters. The molecule has 0 saturated heterocycles. The van der Waals surface area contributed by atoms with Crippen LogP contribution in [0.3, 0.4) is 0 Å². The molecule has 4 nitrogen and oxygen atoms in total. The lowest BCUT2D eigenvalue weighted by atomic mass is 10.1. The molecule has 0 bridgehead atoms. The van der Waals surface area contributed by atoms with Gasteiger partial charge in [-0.15, -0.1) is 0 Å². The molecule has 0 radical (unpaired) electrons. The Hall–Kier alpha value is -3.40. The van der Waals surface area contributed by atoms with E-state index in [1.165, 1.54) is 34.4 Å². The van der Waals surface area contributed by atoms with Gasteiger partial charge in [-0.2, -0.15) is 0 Å². The Morgan fingerprint density at radius 1 is 0.750 bits per heavy atom. The lowest BCUT2D eigenvalue weighted by Crippen LogP contribution is -1.92.